The highest BCUT2D eigenvalue weighted by molar-refractivity contribution is 9.18. The summed E-state index contributed by atoms with van der Waals surface area (Å²) in [5.41, 5.74) is 0.0929. The molecule has 120 valence electrons. The molecule has 0 saturated heterocycles. The number of halogens is 4. The van der Waals surface area contributed by atoms with Gasteiger partial charge in [-0.15, -0.1) is 0 Å². The van der Waals surface area contributed by atoms with Crippen LogP contribution in [-0.4, -0.2) is 4.62 Å². The number of hydrogen-bond donors (Lipinski definition) is 0. The molecule has 7 heteroatoms. The van der Waals surface area contributed by atoms with Gasteiger partial charge in [0.05, 0.1) is 5.56 Å². The van der Waals surface area contributed by atoms with Gasteiger partial charge in [0.15, 0.2) is 6.10 Å². The minimum Gasteiger partial charge on any atom is -0.457 e. The average Bonchev–Trinajstić information content (AvgIpc) is 2.94. The van der Waals surface area contributed by atoms with Crippen molar-refractivity contribution in [1.29, 1.82) is 0 Å². The van der Waals surface area contributed by atoms with Crippen LogP contribution in [0.4, 0.5) is 13.2 Å². The maximum absolute atomic E-state index is 12.7. The molecule has 23 heavy (non-hydrogen) atoms. The van der Waals surface area contributed by atoms with Gasteiger partial charge in [-0.25, -0.2) is 0 Å². The van der Waals surface area contributed by atoms with Gasteiger partial charge in [0, 0.05) is 6.42 Å². The minimum absolute atomic E-state index is 0.127. The fraction of sp³-hybridized carbons (Fsp3) is 0.188. The summed E-state index contributed by atoms with van der Waals surface area (Å²) in [6, 6.07) is 11.8. The van der Waals surface area contributed by atoms with Gasteiger partial charge >= 0.3 is 6.18 Å². The first kappa shape index (κ1) is 15.9. The maximum Gasteiger partial charge on any atom is 0.416 e. The summed E-state index contributed by atoms with van der Waals surface area (Å²) in [6.45, 7) is 0. The Labute approximate surface area is 138 Å². The molecule has 0 bridgehead atoms. The second kappa shape index (κ2) is 6.23. The molecular weight excluding hydrogens is 375 g/mol. The molecule has 0 unspecified atom stereocenters. The van der Waals surface area contributed by atoms with Crippen LogP contribution in [0.1, 0.15) is 23.7 Å². The van der Waals surface area contributed by atoms with Gasteiger partial charge in [-0.3, -0.25) is 0 Å². The zero-order valence-corrected chi connectivity index (χ0v) is 13.3. The van der Waals surface area contributed by atoms with Crippen molar-refractivity contribution in [2.75, 3.05) is 0 Å². The molecule has 0 saturated carbocycles. The monoisotopic (exact) mass is 385 g/mol. The van der Waals surface area contributed by atoms with E-state index in [1.54, 1.807) is 18.2 Å². The van der Waals surface area contributed by atoms with Gasteiger partial charge in [0.2, 0.25) is 0 Å². The van der Waals surface area contributed by atoms with Crippen LogP contribution in [0.25, 0.3) is 0 Å². The third-order valence-electron chi connectivity index (χ3n) is 3.26. The first-order valence-electron chi connectivity index (χ1n) is 6.75. The predicted octanol–water partition coefficient (Wildman–Crippen LogP) is 5.67. The lowest BCUT2D eigenvalue weighted by atomic mass is 10.1. The normalized spacial score (nSPS) is 17.6. The molecule has 0 aromatic heterocycles. The van der Waals surface area contributed by atoms with Gasteiger partial charge < -0.3 is 9.57 Å². The van der Waals surface area contributed by atoms with Crippen LogP contribution in [0.15, 0.2) is 53.7 Å². The Kier molecular flexibility index (Phi) is 4.30. The predicted molar refractivity (Wildman–Crippen MR) is 82.8 cm³/mol. The first-order chi connectivity index (χ1) is 10.9. The summed E-state index contributed by atoms with van der Waals surface area (Å²) < 4.78 is 44.4. The summed E-state index contributed by atoms with van der Waals surface area (Å²) in [4.78, 5) is 5.26. The fourth-order valence-electron chi connectivity index (χ4n) is 2.18. The van der Waals surface area contributed by atoms with E-state index in [4.69, 9.17) is 9.57 Å². The molecule has 0 amide bonds. The van der Waals surface area contributed by atoms with E-state index in [1.807, 2.05) is 6.07 Å². The Morgan fingerprint density at radius 1 is 1.09 bits per heavy atom. The standard InChI is InChI=1S/C16H11BrF3NO2/c17-15-9-14(23-21-15)10-3-1-5-12(7-10)22-13-6-2-4-11(8-13)16(18,19)20/h1-8,14H,9H2/t14-/m0/s1. The van der Waals surface area contributed by atoms with Gasteiger partial charge in [-0.05, 0) is 51.8 Å². The van der Waals surface area contributed by atoms with Crippen molar-refractivity contribution >= 4 is 20.6 Å². The molecule has 1 aliphatic heterocycles. The van der Waals surface area contributed by atoms with Crippen LogP contribution in [0.3, 0.4) is 0 Å². The molecule has 2 aromatic carbocycles. The lowest BCUT2D eigenvalue weighted by molar-refractivity contribution is -0.137. The van der Waals surface area contributed by atoms with Crippen molar-refractivity contribution in [3.63, 3.8) is 0 Å². The van der Waals surface area contributed by atoms with Gasteiger partial charge in [-0.1, -0.05) is 23.4 Å². The molecule has 0 N–H and O–H groups in total. The van der Waals surface area contributed by atoms with Gasteiger partial charge in [-0.2, -0.15) is 13.2 Å². The highest BCUT2D eigenvalue weighted by atomic mass is 79.9. The van der Waals surface area contributed by atoms with Crippen molar-refractivity contribution in [1.82, 2.24) is 0 Å². The fourth-order valence-corrected chi connectivity index (χ4v) is 2.55. The molecule has 0 radical (unpaired) electrons. The number of nitrogens with zero attached hydrogens (tertiary/aromatic N) is 1. The summed E-state index contributed by atoms with van der Waals surface area (Å²) >= 11 is 3.26. The van der Waals surface area contributed by atoms with Gasteiger partial charge in [0.25, 0.3) is 0 Å². The average molecular weight is 386 g/mol. The van der Waals surface area contributed by atoms with Crippen molar-refractivity contribution < 1.29 is 22.7 Å². The first-order valence-corrected chi connectivity index (χ1v) is 7.54. The molecule has 1 atom stereocenters. The van der Waals surface area contributed by atoms with Crippen molar-refractivity contribution in [2.24, 2.45) is 5.16 Å². The van der Waals surface area contributed by atoms with Crippen LogP contribution >= 0.6 is 15.9 Å². The number of rotatable bonds is 3. The maximum atomic E-state index is 12.7. The molecule has 1 aliphatic rings. The SMILES string of the molecule is FC(F)(F)c1cccc(Oc2cccc([C@@H]3CC(Br)=NO3)c2)c1. The van der Waals surface area contributed by atoms with E-state index in [9.17, 15) is 13.2 Å². The smallest absolute Gasteiger partial charge is 0.416 e. The van der Waals surface area contributed by atoms with Gasteiger partial charge in [0.1, 0.15) is 16.1 Å². The molecule has 1 heterocycles. The highest BCUT2D eigenvalue weighted by Crippen LogP contribution is 2.34. The minimum atomic E-state index is -4.40. The van der Waals surface area contributed by atoms with Crippen LogP contribution in [0.2, 0.25) is 0 Å². The summed E-state index contributed by atoms with van der Waals surface area (Å²) in [6.07, 6.45) is -4.02. The Hall–Kier alpha value is -2.02. The van der Waals surface area contributed by atoms with Crippen LogP contribution in [0, 0.1) is 0 Å². The number of ether oxygens (including phenoxy) is 1. The highest BCUT2D eigenvalue weighted by Gasteiger charge is 2.30. The Bertz CT molecular complexity index is 746. The molecule has 3 rings (SSSR count). The van der Waals surface area contributed by atoms with E-state index in [0.29, 0.717) is 16.8 Å². The second-order valence-electron chi connectivity index (χ2n) is 4.97. The van der Waals surface area contributed by atoms with E-state index in [0.717, 1.165) is 17.7 Å². The lowest BCUT2D eigenvalue weighted by Gasteiger charge is -2.12. The molecule has 3 nitrogen and oxygen atoms in total. The molecule has 2 aromatic rings. The zero-order chi connectivity index (χ0) is 16.4. The third kappa shape index (κ3) is 3.85. The van der Waals surface area contributed by atoms with Crippen LogP contribution in [-0.2, 0) is 11.0 Å². The molecule has 0 spiro atoms. The van der Waals surface area contributed by atoms with E-state index in [-0.39, 0.29) is 11.9 Å². The topological polar surface area (TPSA) is 30.8 Å². The van der Waals surface area contributed by atoms with E-state index in [1.165, 1.54) is 12.1 Å². The van der Waals surface area contributed by atoms with Crippen molar-refractivity contribution in [3.8, 4) is 11.5 Å². The van der Waals surface area contributed by atoms with E-state index < -0.39 is 11.7 Å². The largest absolute Gasteiger partial charge is 0.457 e. The number of oxime groups is 1. The molecule has 0 fully saturated rings. The second-order valence-corrected chi connectivity index (χ2v) is 5.88. The summed E-state index contributed by atoms with van der Waals surface area (Å²) in [5, 5.41) is 3.81. The van der Waals surface area contributed by atoms with Crippen LogP contribution in [0.5, 0.6) is 11.5 Å². The Balaban J connectivity index is 1.78. The quantitative estimate of drug-likeness (QED) is 0.681. The van der Waals surface area contributed by atoms with Crippen molar-refractivity contribution in [3.05, 3.63) is 59.7 Å². The number of benzene rings is 2. The number of hydrogen-bond acceptors (Lipinski definition) is 3. The molecule has 0 aliphatic carbocycles. The van der Waals surface area contributed by atoms with E-state index in [2.05, 4.69) is 21.1 Å². The van der Waals surface area contributed by atoms with Crippen molar-refractivity contribution in [2.45, 2.75) is 18.7 Å². The van der Waals surface area contributed by atoms with Crippen LogP contribution < -0.4 is 4.74 Å². The lowest BCUT2D eigenvalue weighted by Crippen LogP contribution is -2.04. The zero-order valence-electron chi connectivity index (χ0n) is 11.7. The summed E-state index contributed by atoms with van der Waals surface area (Å²) in [7, 11) is 0. The van der Waals surface area contributed by atoms with E-state index >= 15 is 0 Å². The Morgan fingerprint density at radius 3 is 2.43 bits per heavy atom. The third-order valence-corrected chi connectivity index (χ3v) is 3.73. The molecular formula is C16H11BrF3NO2. The number of alkyl halides is 3. The summed E-state index contributed by atoms with van der Waals surface area (Å²) in [5.74, 6) is 0.565. The Morgan fingerprint density at radius 2 is 1.78 bits per heavy atom.